The Labute approximate surface area is 117 Å². The van der Waals surface area contributed by atoms with Gasteiger partial charge in [-0.15, -0.1) is 0 Å². The molecule has 20 heavy (non-hydrogen) atoms. The maximum atomic E-state index is 5.44. The summed E-state index contributed by atoms with van der Waals surface area (Å²) in [7, 11) is 3.64. The largest absolute Gasteiger partial charge is 0.463 e. The van der Waals surface area contributed by atoms with E-state index in [2.05, 4.69) is 30.7 Å². The Morgan fingerprint density at radius 1 is 1.25 bits per heavy atom. The zero-order valence-corrected chi connectivity index (χ0v) is 11.9. The number of ether oxygens (including phenoxy) is 1. The Morgan fingerprint density at radius 2 is 2.05 bits per heavy atom. The maximum absolute atomic E-state index is 5.44. The van der Waals surface area contributed by atoms with Crippen molar-refractivity contribution in [1.29, 1.82) is 0 Å². The topological polar surface area (TPSA) is 89.8 Å². The van der Waals surface area contributed by atoms with Crippen molar-refractivity contribution in [1.82, 2.24) is 24.7 Å². The normalized spacial score (nSPS) is 10.3. The minimum absolute atomic E-state index is 0.318. The quantitative estimate of drug-likeness (QED) is 0.781. The van der Waals surface area contributed by atoms with Crippen molar-refractivity contribution in [3.63, 3.8) is 0 Å². The maximum Gasteiger partial charge on any atom is 0.323 e. The molecule has 0 unspecified atom stereocenters. The van der Waals surface area contributed by atoms with Gasteiger partial charge in [0.25, 0.3) is 0 Å². The Balaban J connectivity index is 2.07. The van der Waals surface area contributed by atoms with Crippen LogP contribution < -0.4 is 15.4 Å². The zero-order valence-electron chi connectivity index (χ0n) is 11.9. The molecule has 0 radical (unpaired) electrons. The molecule has 0 bridgehead atoms. The van der Waals surface area contributed by atoms with Gasteiger partial charge < -0.3 is 15.4 Å². The van der Waals surface area contributed by atoms with Gasteiger partial charge in [0.15, 0.2) is 0 Å². The number of rotatable bonds is 7. The van der Waals surface area contributed by atoms with Gasteiger partial charge in [-0.25, -0.2) is 0 Å². The van der Waals surface area contributed by atoms with Gasteiger partial charge in [0, 0.05) is 20.3 Å². The first-order chi connectivity index (χ1) is 9.72. The van der Waals surface area contributed by atoms with Crippen LogP contribution in [0.15, 0.2) is 12.3 Å². The van der Waals surface area contributed by atoms with Crippen LogP contribution in [0.1, 0.15) is 19.0 Å². The smallest absolute Gasteiger partial charge is 0.323 e. The Hall–Kier alpha value is -2.38. The molecule has 0 aliphatic rings. The molecular weight excluding hydrogens is 258 g/mol. The van der Waals surface area contributed by atoms with Crippen LogP contribution in [0.25, 0.3) is 0 Å². The van der Waals surface area contributed by atoms with Crippen molar-refractivity contribution in [3.05, 3.63) is 18.0 Å². The average molecular weight is 277 g/mol. The molecule has 0 spiro atoms. The van der Waals surface area contributed by atoms with Gasteiger partial charge in [0.2, 0.25) is 11.9 Å². The number of nitrogens with one attached hydrogen (secondary N) is 2. The molecule has 108 valence electrons. The summed E-state index contributed by atoms with van der Waals surface area (Å²) in [6.45, 7) is 3.19. The molecule has 8 nitrogen and oxygen atoms in total. The van der Waals surface area contributed by atoms with E-state index in [1.54, 1.807) is 17.9 Å². The third-order valence-corrected chi connectivity index (χ3v) is 2.62. The highest BCUT2D eigenvalue weighted by Crippen LogP contribution is 2.12. The van der Waals surface area contributed by atoms with Crippen LogP contribution in [0.4, 0.5) is 11.9 Å². The summed E-state index contributed by atoms with van der Waals surface area (Å²) in [6, 6.07) is 2.25. The molecule has 0 atom stereocenters. The highest BCUT2D eigenvalue weighted by Gasteiger charge is 2.07. The minimum Gasteiger partial charge on any atom is -0.463 e. The van der Waals surface area contributed by atoms with Crippen molar-refractivity contribution < 1.29 is 4.74 Å². The third kappa shape index (κ3) is 3.56. The van der Waals surface area contributed by atoms with Gasteiger partial charge in [0.1, 0.15) is 0 Å². The Morgan fingerprint density at radius 3 is 2.70 bits per heavy atom. The molecule has 0 aliphatic heterocycles. The Bertz CT molecular complexity index is 554. The van der Waals surface area contributed by atoms with E-state index in [1.807, 2.05) is 20.0 Å². The van der Waals surface area contributed by atoms with E-state index in [9.17, 15) is 0 Å². The lowest BCUT2D eigenvalue weighted by Gasteiger charge is -2.09. The van der Waals surface area contributed by atoms with E-state index in [0.29, 0.717) is 31.1 Å². The molecule has 2 heterocycles. The SMILES string of the molecule is CCCOc1nc(NC)nc(NCc2ccnn2C)n1. The van der Waals surface area contributed by atoms with Crippen LogP contribution in [0.2, 0.25) is 0 Å². The molecular formula is C12H19N7O. The number of hydrogen-bond acceptors (Lipinski definition) is 7. The third-order valence-electron chi connectivity index (χ3n) is 2.62. The summed E-state index contributed by atoms with van der Waals surface area (Å²) in [5.74, 6) is 0.940. The van der Waals surface area contributed by atoms with E-state index in [0.717, 1.165) is 12.1 Å². The number of nitrogens with zero attached hydrogens (tertiary/aromatic N) is 5. The number of hydrogen-bond donors (Lipinski definition) is 2. The average Bonchev–Trinajstić information content (AvgIpc) is 2.88. The summed E-state index contributed by atoms with van der Waals surface area (Å²) in [5.41, 5.74) is 1.03. The first-order valence-electron chi connectivity index (χ1n) is 6.50. The fourth-order valence-corrected chi connectivity index (χ4v) is 1.55. The highest BCUT2D eigenvalue weighted by molar-refractivity contribution is 5.35. The lowest BCUT2D eigenvalue weighted by atomic mass is 10.4. The summed E-state index contributed by atoms with van der Waals surface area (Å²) >= 11 is 0. The van der Waals surface area contributed by atoms with E-state index in [1.165, 1.54) is 0 Å². The van der Waals surface area contributed by atoms with Gasteiger partial charge in [-0.2, -0.15) is 20.1 Å². The fraction of sp³-hybridized carbons (Fsp3) is 0.500. The van der Waals surface area contributed by atoms with Crippen molar-refractivity contribution in [2.24, 2.45) is 7.05 Å². The molecule has 0 saturated carbocycles. The second kappa shape index (κ2) is 6.69. The van der Waals surface area contributed by atoms with E-state index < -0.39 is 0 Å². The van der Waals surface area contributed by atoms with Crippen LogP contribution in [0.5, 0.6) is 6.01 Å². The van der Waals surface area contributed by atoms with Crippen LogP contribution >= 0.6 is 0 Å². The van der Waals surface area contributed by atoms with E-state index in [-0.39, 0.29) is 0 Å². The van der Waals surface area contributed by atoms with E-state index in [4.69, 9.17) is 4.74 Å². The minimum atomic E-state index is 0.318. The molecule has 0 saturated heterocycles. The first kappa shape index (κ1) is 14.0. The predicted molar refractivity (Wildman–Crippen MR) is 75.7 cm³/mol. The van der Waals surface area contributed by atoms with Gasteiger partial charge >= 0.3 is 6.01 Å². The van der Waals surface area contributed by atoms with Crippen LogP contribution in [0.3, 0.4) is 0 Å². The monoisotopic (exact) mass is 277 g/mol. The predicted octanol–water partition coefficient (Wildman–Crippen LogP) is 1.05. The number of aryl methyl sites for hydroxylation is 1. The van der Waals surface area contributed by atoms with Gasteiger partial charge in [-0.1, -0.05) is 6.92 Å². The van der Waals surface area contributed by atoms with Gasteiger partial charge in [-0.05, 0) is 12.5 Å². The summed E-state index contributed by atoms with van der Waals surface area (Å²) in [6.07, 6.45) is 2.65. The fourth-order valence-electron chi connectivity index (χ4n) is 1.55. The molecule has 2 rings (SSSR count). The summed E-state index contributed by atoms with van der Waals surface area (Å²) < 4.78 is 7.23. The van der Waals surface area contributed by atoms with Gasteiger partial charge in [-0.3, -0.25) is 4.68 Å². The second-order valence-corrected chi connectivity index (χ2v) is 4.16. The van der Waals surface area contributed by atoms with Crippen molar-refractivity contribution in [2.75, 3.05) is 24.3 Å². The number of aromatic nitrogens is 5. The standard InChI is InChI=1S/C12H19N7O/c1-4-7-20-12-17-10(13-2)16-11(18-12)14-8-9-5-6-15-19(9)3/h5-6H,4,7-8H2,1-3H3,(H2,13,14,16,17,18). The molecule has 2 aromatic rings. The molecule has 2 N–H and O–H groups in total. The van der Waals surface area contributed by atoms with Gasteiger partial charge in [0.05, 0.1) is 18.8 Å². The molecule has 0 amide bonds. The second-order valence-electron chi connectivity index (χ2n) is 4.16. The summed E-state index contributed by atoms with van der Waals surface area (Å²) in [4.78, 5) is 12.6. The van der Waals surface area contributed by atoms with E-state index >= 15 is 0 Å². The first-order valence-corrected chi connectivity index (χ1v) is 6.50. The van der Waals surface area contributed by atoms with Crippen LogP contribution in [-0.2, 0) is 13.6 Å². The summed E-state index contributed by atoms with van der Waals surface area (Å²) in [5, 5.41) is 10.1. The van der Waals surface area contributed by atoms with Crippen molar-refractivity contribution >= 4 is 11.9 Å². The molecule has 2 aromatic heterocycles. The Kier molecular flexibility index (Phi) is 4.70. The van der Waals surface area contributed by atoms with Crippen LogP contribution in [0, 0.1) is 0 Å². The molecule has 0 aliphatic carbocycles. The zero-order chi connectivity index (χ0) is 14.4. The molecule has 8 heteroatoms. The molecule has 0 fully saturated rings. The number of anilines is 2. The lowest BCUT2D eigenvalue weighted by Crippen LogP contribution is -2.11. The van der Waals surface area contributed by atoms with Crippen LogP contribution in [-0.4, -0.2) is 38.4 Å². The highest BCUT2D eigenvalue weighted by atomic mass is 16.5. The molecule has 0 aromatic carbocycles. The van der Waals surface area contributed by atoms with Crippen molar-refractivity contribution in [3.8, 4) is 6.01 Å². The van der Waals surface area contributed by atoms with Crippen molar-refractivity contribution in [2.45, 2.75) is 19.9 Å². The lowest BCUT2D eigenvalue weighted by molar-refractivity contribution is 0.292.